The first kappa shape index (κ1) is 27.6. The van der Waals surface area contributed by atoms with Crippen molar-refractivity contribution in [3.63, 3.8) is 0 Å². The number of hydrogen-bond acceptors (Lipinski definition) is 7. The number of aliphatic hydroxyl groups is 1. The van der Waals surface area contributed by atoms with Crippen molar-refractivity contribution in [3.8, 4) is 5.75 Å². The number of β-amino-alcohol motifs (C(OH)–C–C–N with tert-alkyl or cyclic N) is 1. The molecule has 3 heterocycles. The van der Waals surface area contributed by atoms with Gasteiger partial charge in [0.2, 0.25) is 0 Å². The van der Waals surface area contributed by atoms with E-state index in [1.54, 1.807) is 0 Å². The first-order valence-electron chi connectivity index (χ1n) is 11.5. The molecule has 3 aliphatic heterocycles. The maximum Gasteiger partial charge on any atom is 0.119 e. The van der Waals surface area contributed by atoms with E-state index in [-0.39, 0.29) is 30.4 Å². The average molecular weight is 492 g/mol. The molecule has 1 unspecified atom stereocenters. The van der Waals surface area contributed by atoms with Crippen molar-refractivity contribution in [3.05, 3.63) is 29.8 Å². The molecule has 0 aromatic heterocycles. The minimum Gasteiger partial charge on any atom is -0.491 e. The van der Waals surface area contributed by atoms with Gasteiger partial charge in [0, 0.05) is 52.4 Å². The number of piperidine rings is 1. The topological polar surface area (TPSA) is 60.4 Å². The molecule has 1 spiro atoms. The van der Waals surface area contributed by atoms with Crippen LogP contribution in [0.25, 0.3) is 0 Å². The third-order valence-corrected chi connectivity index (χ3v) is 6.68. The third kappa shape index (κ3) is 7.99. The number of halogens is 2. The van der Waals surface area contributed by atoms with Crippen molar-refractivity contribution in [2.24, 2.45) is 0 Å². The largest absolute Gasteiger partial charge is 0.491 e. The van der Waals surface area contributed by atoms with Crippen molar-refractivity contribution in [1.29, 1.82) is 0 Å². The summed E-state index contributed by atoms with van der Waals surface area (Å²) < 4.78 is 12.0. The van der Waals surface area contributed by atoms with E-state index < -0.39 is 6.10 Å². The van der Waals surface area contributed by atoms with Crippen LogP contribution in [0.5, 0.6) is 5.75 Å². The van der Waals surface area contributed by atoms with Gasteiger partial charge in [0.15, 0.2) is 0 Å². The van der Waals surface area contributed by atoms with E-state index in [1.165, 1.54) is 5.56 Å². The number of morpholine rings is 1. The lowest BCUT2D eigenvalue weighted by Crippen LogP contribution is -2.55. The number of aliphatic hydroxyl groups excluding tert-OH is 1. The van der Waals surface area contributed by atoms with Gasteiger partial charge < -0.3 is 24.8 Å². The van der Waals surface area contributed by atoms with Gasteiger partial charge in [-0.2, -0.15) is 0 Å². The van der Waals surface area contributed by atoms with Crippen molar-refractivity contribution in [1.82, 2.24) is 20.0 Å². The third-order valence-electron chi connectivity index (χ3n) is 6.68. The smallest absolute Gasteiger partial charge is 0.119 e. The highest BCUT2D eigenvalue weighted by Crippen LogP contribution is 2.28. The van der Waals surface area contributed by atoms with Gasteiger partial charge in [0.25, 0.3) is 0 Å². The Labute approximate surface area is 205 Å². The number of nitrogens with one attached hydrogen (secondary N) is 1. The number of piperazine rings is 1. The fraction of sp³-hybridized carbons (Fsp3) is 0.739. The highest BCUT2D eigenvalue weighted by molar-refractivity contribution is 5.85. The number of benzene rings is 1. The Morgan fingerprint density at radius 3 is 2.41 bits per heavy atom. The Balaban J connectivity index is 0.00000181. The molecule has 0 aliphatic carbocycles. The van der Waals surface area contributed by atoms with Gasteiger partial charge in [-0.15, -0.1) is 24.8 Å². The van der Waals surface area contributed by atoms with Gasteiger partial charge in [-0.3, -0.25) is 9.80 Å². The van der Waals surface area contributed by atoms with Gasteiger partial charge >= 0.3 is 0 Å². The quantitative estimate of drug-likeness (QED) is 0.599. The molecule has 4 rings (SSSR count). The molecule has 9 heteroatoms. The van der Waals surface area contributed by atoms with Crippen LogP contribution in [-0.4, -0.2) is 111 Å². The van der Waals surface area contributed by atoms with Crippen LogP contribution in [0.2, 0.25) is 0 Å². The summed E-state index contributed by atoms with van der Waals surface area (Å²) in [5.41, 5.74) is 1.35. The standard InChI is InChI=1S/C23H38N4O3.2ClH/c1-25-10-12-26(13-11-25)17-21(28)18-29-22-4-2-20(3-5-22)16-27-14-15-30-23(19-27)6-8-24-9-7-23;;/h2-5,21,24,28H,6-19H2,1H3;2*1H. The Morgan fingerprint density at radius 2 is 1.72 bits per heavy atom. The molecule has 3 saturated heterocycles. The summed E-state index contributed by atoms with van der Waals surface area (Å²) in [6, 6.07) is 8.34. The molecule has 0 bridgehead atoms. The molecule has 1 aromatic rings. The molecule has 0 amide bonds. The summed E-state index contributed by atoms with van der Waals surface area (Å²) in [6.07, 6.45) is 1.75. The summed E-state index contributed by atoms with van der Waals surface area (Å²) in [4.78, 5) is 7.16. The van der Waals surface area contributed by atoms with Crippen LogP contribution in [0.1, 0.15) is 18.4 Å². The molecular formula is C23H40Cl2N4O3. The number of ether oxygens (including phenoxy) is 2. The van der Waals surface area contributed by atoms with Crippen LogP contribution in [0, 0.1) is 0 Å². The Hall–Kier alpha value is -0.640. The predicted molar refractivity (Wildman–Crippen MR) is 132 cm³/mol. The van der Waals surface area contributed by atoms with E-state index in [2.05, 4.69) is 39.2 Å². The fourth-order valence-corrected chi connectivity index (χ4v) is 4.77. The Bertz CT molecular complexity index is 648. The van der Waals surface area contributed by atoms with Crippen LogP contribution in [0.4, 0.5) is 0 Å². The maximum atomic E-state index is 10.3. The number of nitrogens with zero attached hydrogens (tertiary/aromatic N) is 3. The van der Waals surface area contributed by atoms with E-state index in [4.69, 9.17) is 9.47 Å². The number of hydrogen-bond donors (Lipinski definition) is 2. The van der Waals surface area contributed by atoms with Crippen molar-refractivity contribution in [2.45, 2.75) is 31.1 Å². The van der Waals surface area contributed by atoms with Crippen LogP contribution in [0.15, 0.2) is 24.3 Å². The van der Waals surface area contributed by atoms with Gasteiger partial charge in [0.05, 0.1) is 12.2 Å². The molecule has 3 fully saturated rings. The van der Waals surface area contributed by atoms with E-state index in [9.17, 15) is 5.11 Å². The molecular weight excluding hydrogens is 451 g/mol. The second kappa shape index (κ2) is 13.3. The zero-order valence-corrected chi connectivity index (χ0v) is 20.8. The van der Waals surface area contributed by atoms with Crippen LogP contribution in [-0.2, 0) is 11.3 Å². The van der Waals surface area contributed by atoms with E-state index in [0.717, 1.165) is 84.1 Å². The van der Waals surface area contributed by atoms with Crippen molar-refractivity contribution >= 4 is 24.8 Å². The summed E-state index contributed by atoms with van der Waals surface area (Å²) in [7, 11) is 2.14. The summed E-state index contributed by atoms with van der Waals surface area (Å²) in [6.45, 7) is 11.1. The Morgan fingerprint density at radius 1 is 1.03 bits per heavy atom. The molecule has 1 atom stereocenters. The van der Waals surface area contributed by atoms with E-state index in [1.807, 2.05) is 12.1 Å². The zero-order valence-electron chi connectivity index (χ0n) is 19.2. The molecule has 184 valence electrons. The first-order chi connectivity index (χ1) is 14.6. The molecule has 32 heavy (non-hydrogen) atoms. The van der Waals surface area contributed by atoms with Gasteiger partial charge in [0.1, 0.15) is 18.5 Å². The fourth-order valence-electron chi connectivity index (χ4n) is 4.77. The Kier molecular flexibility index (Phi) is 11.5. The number of rotatable bonds is 7. The molecule has 2 N–H and O–H groups in total. The van der Waals surface area contributed by atoms with Crippen LogP contribution >= 0.6 is 24.8 Å². The molecule has 0 saturated carbocycles. The predicted octanol–water partition coefficient (Wildman–Crippen LogP) is 1.47. The zero-order chi connectivity index (χ0) is 20.8. The maximum absolute atomic E-state index is 10.3. The molecule has 1 aromatic carbocycles. The second-order valence-corrected chi connectivity index (χ2v) is 9.20. The monoisotopic (exact) mass is 490 g/mol. The van der Waals surface area contributed by atoms with Crippen molar-refractivity contribution < 1.29 is 14.6 Å². The first-order valence-corrected chi connectivity index (χ1v) is 11.5. The summed E-state index contributed by atoms with van der Waals surface area (Å²) in [5.74, 6) is 0.827. The van der Waals surface area contributed by atoms with E-state index in [0.29, 0.717) is 13.2 Å². The van der Waals surface area contributed by atoms with Crippen LogP contribution < -0.4 is 10.1 Å². The highest BCUT2D eigenvalue weighted by Gasteiger charge is 2.37. The average Bonchev–Trinajstić information content (AvgIpc) is 2.76. The number of likely N-dealkylation sites (N-methyl/N-ethyl adjacent to an activating group) is 1. The molecule has 0 radical (unpaired) electrons. The van der Waals surface area contributed by atoms with E-state index >= 15 is 0 Å². The lowest BCUT2D eigenvalue weighted by molar-refractivity contribution is -0.125. The van der Waals surface area contributed by atoms with Crippen molar-refractivity contribution in [2.75, 3.05) is 79.2 Å². The molecule has 3 aliphatic rings. The lowest BCUT2D eigenvalue weighted by atomic mass is 9.90. The lowest BCUT2D eigenvalue weighted by Gasteiger charge is -2.45. The van der Waals surface area contributed by atoms with Gasteiger partial charge in [-0.1, -0.05) is 12.1 Å². The SMILES string of the molecule is CN1CCN(CC(O)COc2ccc(CN3CCOC4(CCNCC4)C3)cc2)CC1.Cl.Cl. The minimum atomic E-state index is -0.456. The molecule has 7 nitrogen and oxygen atoms in total. The second-order valence-electron chi connectivity index (χ2n) is 9.20. The summed E-state index contributed by atoms with van der Waals surface area (Å²) in [5, 5.41) is 13.8. The normalized spacial score (nSPS) is 23.2. The van der Waals surface area contributed by atoms with Gasteiger partial charge in [-0.25, -0.2) is 0 Å². The minimum absolute atomic E-state index is 0. The van der Waals surface area contributed by atoms with Crippen LogP contribution in [0.3, 0.4) is 0 Å². The highest BCUT2D eigenvalue weighted by atomic mass is 35.5. The van der Waals surface area contributed by atoms with Gasteiger partial charge in [-0.05, 0) is 50.7 Å². The summed E-state index contributed by atoms with van der Waals surface area (Å²) >= 11 is 0.